The van der Waals surface area contributed by atoms with Crippen molar-refractivity contribution in [1.82, 2.24) is 0 Å². The number of aromatic carboxylic acids is 1. The van der Waals surface area contributed by atoms with Crippen molar-refractivity contribution in [3.05, 3.63) is 34.6 Å². The molecule has 0 aliphatic rings. The Bertz CT molecular complexity index is 384. The van der Waals surface area contributed by atoms with E-state index in [1.165, 1.54) is 13.0 Å². The molecule has 0 radical (unpaired) electrons. The number of carboxylic acids is 1. The van der Waals surface area contributed by atoms with Crippen molar-refractivity contribution in [1.29, 1.82) is 5.26 Å². The largest absolute Gasteiger partial charge is 0.478 e. The molecule has 1 N–H and O–H groups in total. The van der Waals surface area contributed by atoms with Gasteiger partial charge in [0, 0.05) is 0 Å². The average molecular weight is 179 g/mol. The summed E-state index contributed by atoms with van der Waals surface area (Å²) in [6.07, 6.45) is 0. The lowest BCUT2D eigenvalue weighted by molar-refractivity contribution is 0.0691. The van der Waals surface area contributed by atoms with Crippen LogP contribution in [0.4, 0.5) is 4.39 Å². The van der Waals surface area contributed by atoms with E-state index >= 15 is 0 Å². The van der Waals surface area contributed by atoms with Gasteiger partial charge in [-0.05, 0) is 24.6 Å². The molecule has 13 heavy (non-hydrogen) atoms. The predicted octanol–water partition coefficient (Wildman–Crippen LogP) is 1.70. The third kappa shape index (κ3) is 1.64. The van der Waals surface area contributed by atoms with Crippen LogP contribution < -0.4 is 0 Å². The molecule has 1 rings (SSSR count). The molecule has 0 aromatic heterocycles. The van der Waals surface area contributed by atoms with Crippen LogP contribution in [-0.4, -0.2) is 11.1 Å². The number of nitriles is 1. The fourth-order valence-corrected chi connectivity index (χ4v) is 1.08. The minimum absolute atomic E-state index is 0.125. The Balaban J connectivity index is 3.42. The van der Waals surface area contributed by atoms with Crippen LogP contribution in [0.1, 0.15) is 21.5 Å². The molecule has 1 aromatic rings. The second-order valence-corrected chi connectivity index (χ2v) is 2.57. The lowest BCUT2D eigenvalue weighted by atomic mass is 10.1. The van der Waals surface area contributed by atoms with E-state index in [-0.39, 0.29) is 16.7 Å². The van der Waals surface area contributed by atoms with E-state index in [0.29, 0.717) is 0 Å². The van der Waals surface area contributed by atoms with Gasteiger partial charge in [-0.2, -0.15) is 5.26 Å². The van der Waals surface area contributed by atoms with Gasteiger partial charge in [0.15, 0.2) is 0 Å². The second-order valence-electron chi connectivity index (χ2n) is 2.57. The fraction of sp³-hybridized carbons (Fsp3) is 0.111. The zero-order valence-corrected chi connectivity index (χ0v) is 6.84. The van der Waals surface area contributed by atoms with Crippen molar-refractivity contribution in [3.8, 4) is 6.07 Å². The molecule has 0 fully saturated rings. The molecule has 0 amide bonds. The number of rotatable bonds is 1. The molecule has 0 saturated carbocycles. The summed E-state index contributed by atoms with van der Waals surface area (Å²) in [6.45, 7) is 1.45. The molecule has 0 saturated heterocycles. The van der Waals surface area contributed by atoms with Crippen molar-refractivity contribution in [2.45, 2.75) is 6.92 Å². The maximum absolute atomic E-state index is 13.0. The third-order valence-electron chi connectivity index (χ3n) is 1.63. The number of halogens is 1. The van der Waals surface area contributed by atoms with Crippen LogP contribution in [0, 0.1) is 24.1 Å². The second kappa shape index (κ2) is 3.23. The molecule has 0 aliphatic heterocycles. The summed E-state index contributed by atoms with van der Waals surface area (Å²) in [7, 11) is 0. The number of carboxylic acid groups (broad SMARTS) is 1. The van der Waals surface area contributed by atoms with Crippen LogP contribution in [0.3, 0.4) is 0 Å². The normalized spacial score (nSPS) is 9.31. The number of carbonyl (C=O) groups is 1. The Morgan fingerprint density at radius 2 is 2.23 bits per heavy atom. The third-order valence-corrected chi connectivity index (χ3v) is 1.63. The number of benzene rings is 1. The van der Waals surface area contributed by atoms with E-state index in [1.54, 1.807) is 6.07 Å². The standard InChI is InChI=1S/C9H6FNO2/c1-5-2-6(4-11)3-7(10)8(5)9(12)13/h2-3H,1H3,(H,12,13). The van der Waals surface area contributed by atoms with Gasteiger partial charge in [0.25, 0.3) is 0 Å². The van der Waals surface area contributed by atoms with E-state index in [0.717, 1.165) is 6.07 Å². The number of aryl methyl sites for hydroxylation is 1. The predicted molar refractivity (Wildman–Crippen MR) is 42.8 cm³/mol. The molecule has 0 aliphatic carbocycles. The maximum atomic E-state index is 13.0. The molecule has 0 atom stereocenters. The highest BCUT2D eigenvalue weighted by Crippen LogP contribution is 2.15. The summed E-state index contributed by atoms with van der Waals surface area (Å²) in [5, 5.41) is 17.0. The highest BCUT2D eigenvalue weighted by molar-refractivity contribution is 5.89. The Morgan fingerprint density at radius 3 is 2.62 bits per heavy atom. The molecule has 4 heteroatoms. The van der Waals surface area contributed by atoms with Gasteiger partial charge in [0.05, 0.1) is 17.2 Å². The molecule has 66 valence electrons. The zero-order valence-electron chi connectivity index (χ0n) is 6.84. The first kappa shape index (κ1) is 9.20. The molecule has 0 unspecified atom stereocenters. The quantitative estimate of drug-likeness (QED) is 0.713. The molecular weight excluding hydrogens is 173 g/mol. The van der Waals surface area contributed by atoms with Gasteiger partial charge in [-0.25, -0.2) is 9.18 Å². The summed E-state index contributed by atoms with van der Waals surface area (Å²) >= 11 is 0. The van der Waals surface area contributed by atoms with Gasteiger partial charge in [-0.15, -0.1) is 0 Å². The Morgan fingerprint density at radius 1 is 1.62 bits per heavy atom. The molecule has 0 bridgehead atoms. The smallest absolute Gasteiger partial charge is 0.338 e. The molecule has 3 nitrogen and oxygen atoms in total. The SMILES string of the molecule is Cc1cc(C#N)cc(F)c1C(=O)O. The van der Waals surface area contributed by atoms with E-state index < -0.39 is 11.8 Å². The summed E-state index contributed by atoms with van der Waals surface area (Å²) in [5.41, 5.74) is 0.00282. The minimum atomic E-state index is -1.32. The van der Waals surface area contributed by atoms with Crippen molar-refractivity contribution < 1.29 is 14.3 Å². The van der Waals surface area contributed by atoms with E-state index in [1.807, 2.05) is 0 Å². The Kier molecular flexibility index (Phi) is 2.29. The molecule has 1 aromatic carbocycles. The summed E-state index contributed by atoms with van der Waals surface area (Å²) in [6, 6.07) is 3.99. The van der Waals surface area contributed by atoms with E-state index in [9.17, 15) is 9.18 Å². The molecule has 0 spiro atoms. The van der Waals surface area contributed by atoms with Gasteiger partial charge in [-0.3, -0.25) is 0 Å². The molecular formula is C9H6FNO2. The van der Waals surface area contributed by atoms with Crippen LogP contribution in [-0.2, 0) is 0 Å². The van der Waals surface area contributed by atoms with Gasteiger partial charge in [0.1, 0.15) is 5.82 Å². The monoisotopic (exact) mass is 179 g/mol. The number of hydrogen-bond acceptors (Lipinski definition) is 2. The highest BCUT2D eigenvalue weighted by Gasteiger charge is 2.14. The van der Waals surface area contributed by atoms with Crippen LogP contribution in [0.25, 0.3) is 0 Å². The summed E-state index contributed by atoms with van der Waals surface area (Å²) in [5.74, 6) is -2.19. The van der Waals surface area contributed by atoms with Gasteiger partial charge in [0.2, 0.25) is 0 Å². The minimum Gasteiger partial charge on any atom is -0.478 e. The van der Waals surface area contributed by atoms with Gasteiger partial charge < -0.3 is 5.11 Å². The first-order valence-corrected chi connectivity index (χ1v) is 3.50. The average Bonchev–Trinajstić information content (AvgIpc) is 2.02. The van der Waals surface area contributed by atoms with Crippen LogP contribution in [0.15, 0.2) is 12.1 Å². The number of nitrogens with zero attached hydrogens (tertiary/aromatic N) is 1. The summed E-state index contributed by atoms with van der Waals surface area (Å²) in [4.78, 5) is 10.5. The van der Waals surface area contributed by atoms with Gasteiger partial charge in [-0.1, -0.05) is 0 Å². The van der Waals surface area contributed by atoms with Crippen molar-refractivity contribution in [3.63, 3.8) is 0 Å². The van der Waals surface area contributed by atoms with Crippen molar-refractivity contribution in [2.24, 2.45) is 0 Å². The first-order chi connectivity index (χ1) is 6.06. The lowest BCUT2D eigenvalue weighted by Crippen LogP contribution is -2.04. The van der Waals surface area contributed by atoms with Crippen molar-refractivity contribution in [2.75, 3.05) is 0 Å². The Hall–Kier alpha value is -1.89. The van der Waals surface area contributed by atoms with Crippen LogP contribution in [0.5, 0.6) is 0 Å². The highest BCUT2D eigenvalue weighted by atomic mass is 19.1. The van der Waals surface area contributed by atoms with Crippen LogP contribution in [0.2, 0.25) is 0 Å². The van der Waals surface area contributed by atoms with E-state index in [2.05, 4.69) is 0 Å². The van der Waals surface area contributed by atoms with Gasteiger partial charge >= 0.3 is 5.97 Å². The zero-order chi connectivity index (χ0) is 10.0. The Labute approximate surface area is 74.0 Å². The number of hydrogen-bond donors (Lipinski definition) is 1. The van der Waals surface area contributed by atoms with E-state index in [4.69, 9.17) is 10.4 Å². The maximum Gasteiger partial charge on any atom is 0.338 e. The summed E-state index contributed by atoms with van der Waals surface area (Å²) < 4.78 is 13.0. The topological polar surface area (TPSA) is 61.1 Å². The van der Waals surface area contributed by atoms with Crippen LogP contribution >= 0.6 is 0 Å². The lowest BCUT2D eigenvalue weighted by Gasteiger charge is -2.01. The fourth-order valence-electron chi connectivity index (χ4n) is 1.08. The molecule has 0 heterocycles. The van der Waals surface area contributed by atoms with Crippen molar-refractivity contribution >= 4 is 5.97 Å². The first-order valence-electron chi connectivity index (χ1n) is 3.50.